The summed E-state index contributed by atoms with van der Waals surface area (Å²) in [6.07, 6.45) is 0.241. The maximum Gasteiger partial charge on any atom is 0.226 e. The van der Waals surface area contributed by atoms with Crippen LogP contribution in [0.2, 0.25) is 0 Å². The van der Waals surface area contributed by atoms with Crippen LogP contribution < -0.4 is 10.6 Å². The lowest BCUT2D eigenvalue weighted by atomic mass is 10.1. The predicted octanol–water partition coefficient (Wildman–Crippen LogP) is 3.96. The van der Waals surface area contributed by atoms with Gasteiger partial charge >= 0.3 is 0 Å². The Hall–Kier alpha value is -2.65. The Morgan fingerprint density at radius 2 is 1.88 bits per heavy atom. The first-order chi connectivity index (χ1) is 11.5. The summed E-state index contributed by atoms with van der Waals surface area (Å²) in [6, 6.07) is 14.2. The molecule has 0 aromatic heterocycles. The first-order valence-electron chi connectivity index (χ1n) is 7.34. The van der Waals surface area contributed by atoms with Crippen molar-refractivity contribution in [2.45, 2.75) is 13.3 Å². The van der Waals surface area contributed by atoms with Gasteiger partial charge < -0.3 is 10.6 Å². The molecule has 24 heavy (non-hydrogen) atoms. The SMILES string of the molecule is CC(=O)c1ccc(C#N)c(NCCC(=O)Nc2ccc(Br)cc2)c1. The van der Waals surface area contributed by atoms with E-state index in [1.54, 1.807) is 30.3 Å². The van der Waals surface area contributed by atoms with E-state index in [2.05, 4.69) is 32.6 Å². The minimum atomic E-state index is -0.133. The lowest BCUT2D eigenvalue weighted by Gasteiger charge is -2.10. The van der Waals surface area contributed by atoms with E-state index < -0.39 is 0 Å². The molecule has 0 bridgehead atoms. The molecule has 122 valence electrons. The molecule has 1 amide bonds. The van der Waals surface area contributed by atoms with E-state index in [1.165, 1.54) is 6.92 Å². The first kappa shape index (κ1) is 17.7. The number of rotatable bonds is 6. The van der Waals surface area contributed by atoms with E-state index in [1.807, 2.05) is 12.1 Å². The molecule has 2 aromatic carbocycles. The van der Waals surface area contributed by atoms with Gasteiger partial charge in [0.15, 0.2) is 5.78 Å². The minimum absolute atomic E-state index is 0.0736. The molecular weight excluding hydrogens is 370 g/mol. The van der Waals surface area contributed by atoms with Crippen LogP contribution in [0, 0.1) is 11.3 Å². The zero-order valence-electron chi connectivity index (χ0n) is 13.1. The molecule has 0 aliphatic rings. The average molecular weight is 386 g/mol. The molecule has 5 nitrogen and oxygen atoms in total. The van der Waals surface area contributed by atoms with E-state index >= 15 is 0 Å². The zero-order valence-corrected chi connectivity index (χ0v) is 14.7. The second-order valence-electron chi connectivity index (χ2n) is 5.16. The Labute approximate surface area is 148 Å². The Kier molecular flexibility index (Phi) is 6.10. The van der Waals surface area contributed by atoms with Crippen molar-refractivity contribution in [3.05, 3.63) is 58.1 Å². The van der Waals surface area contributed by atoms with Gasteiger partial charge in [-0.15, -0.1) is 0 Å². The van der Waals surface area contributed by atoms with Gasteiger partial charge in [0.1, 0.15) is 6.07 Å². The summed E-state index contributed by atoms with van der Waals surface area (Å²) in [6.45, 7) is 1.83. The monoisotopic (exact) mass is 385 g/mol. The highest BCUT2D eigenvalue weighted by Crippen LogP contribution is 2.18. The second kappa shape index (κ2) is 8.27. The molecule has 0 radical (unpaired) electrons. The number of hydrogen-bond acceptors (Lipinski definition) is 4. The number of ketones is 1. The molecule has 0 saturated carbocycles. The molecule has 0 spiro atoms. The third-order valence-electron chi connectivity index (χ3n) is 3.34. The summed E-state index contributed by atoms with van der Waals surface area (Å²) in [4.78, 5) is 23.4. The standard InChI is InChI=1S/C18H16BrN3O2/c1-12(23)13-2-3-14(11-20)17(10-13)21-9-8-18(24)22-16-6-4-15(19)5-7-16/h2-7,10,21H,8-9H2,1H3,(H,22,24). The molecule has 2 aromatic rings. The van der Waals surface area contributed by atoms with Gasteiger partial charge in [-0.2, -0.15) is 5.26 Å². The van der Waals surface area contributed by atoms with Crippen molar-refractivity contribution in [2.24, 2.45) is 0 Å². The Morgan fingerprint density at radius 3 is 2.50 bits per heavy atom. The largest absolute Gasteiger partial charge is 0.383 e. The number of halogens is 1. The molecule has 2 N–H and O–H groups in total. The van der Waals surface area contributed by atoms with Gasteiger partial charge in [0, 0.05) is 28.7 Å². The number of carbonyl (C=O) groups excluding carboxylic acids is 2. The smallest absolute Gasteiger partial charge is 0.226 e. The Balaban J connectivity index is 1.92. The molecule has 0 aliphatic heterocycles. The third-order valence-corrected chi connectivity index (χ3v) is 3.87. The van der Waals surface area contributed by atoms with Crippen molar-refractivity contribution in [3.63, 3.8) is 0 Å². The lowest BCUT2D eigenvalue weighted by Crippen LogP contribution is -2.16. The van der Waals surface area contributed by atoms with Crippen LogP contribution in [0.25, 0.3) is 0 Å². The van der Waals surface area contributed by atoms with E-state index in [4.69, 9.17) is 5.26 Å². The predicted molar refractivity (Wildman–Crippen MR) is 97.0 cm³/mol. The quantitative estimate of drug-likeness (QED) is 0.737. The van der Waals surface area contributed by atoms with Crippen molar-refractivity contribution in [1.29, 1.82) is 5.26 Å². The molecule has 0 fully saturated rings. The highest BCUT2D eigenvalue weighted by Gasteiger charge is 2.07. The number of anilines is 2. The number of hydrogen-bond donors (Lipinski definition) is 2. The van der Waals surface area contributed by atoms with Crippen LogP contribution in [-0.2, 0) is 4.79 Å². The second-order valence-corrected chi connectivity index (χ2v) is 6.08. The lowest BCUT2D eigenvalue weighted by molar-refractivity contribution is -0.115. The molecule has 0 saturated heterocycles. The Bertz CT molecular complexity index is 795. The molecule has 2 rings (SSSR count). The first-order valence-corrected chi connectivity index (χ1v) is 8.13. The summed E-state index contributed by atoms with van der Waals surface area (Å²) in [7, 11) is 0. The van der Waals surface area contributed by atoms with Gasteiger partial charge in [0.05, 0.1) is 11.3 Å². The number of nitrogens with one attached hydrogen (secondary N) is 2. The summed E-state index contributed by atoms with van der Waals surface area (Å²) in [5.74, 6) is -0.207. The van der Waals surface area contributed by atoms with Crippen LogP contribution in [0.1, 0.15) is 29.3 Å². The fourth-order valence-electron chi connectivity index (χ4n) is 2.07. The van der Waals surface area contributed by atoms with Crippen LogP contribution in [0.5, 0.6) is 0 Å². The van der Waals surface area contributed by atoms with E-state index in [0.717, 1.165) is 10.2 Å². The fourth-order valence-corrected chi connectivity index (χ4v) is 2.34. The summed E-state index contributed by atoms with van der Waals surface area (Å²) >= 11 is 3.34. The van der Waals surface area contributed by atoms with Gasteiger partial charge in [0.25, 0.3) is 0 Å². The van der Waals surface area contributed by atoms with Crippen molar-refractivity contribution in [1.82, 2.24) is 0 Å². The number of amides is 1. The van der Waals surface area contributed by atoms with Crippen LogP contribution in [0.15, 0.2) is 46.9 Å². The molecule has 0 heterocycles. The number of nitrogens with zero attached hydrogens (tertiary/aromatic N) is 1. The Morgan fingerprint density at radius 1 is 1.17 bits per heavy atom. The van der Waals surface area contributed by atoms with E-state index in [0.29, 0.717) is 23.4 Å². The molecule has 6 heteroatoms. The normalized spacial score (nSPS) is 9.88. The van der Waals surface area contributed by atoms with Gasteiger partial charge in [-0.25, -0.2) is 0 Å². The highest BCUT2D eigenvalue weighted by molar-refractivity contribution is 9.10. The number of nitriles is 1. The minimum Gasteiger partial charge on any atom is -0.383 e. The third kappa shape index (κ3) is 4.93. The maximum absolute atomic E-state index is 11.9. The van der Waals surface area contributed by atoms with Crippen molar-refractivity contribution >= 4 is 39.0 Å². The molecule has 0 atom stereocenters. The summed E-state index contributed by atoms with van der Waals surface area (Å²) in [5, 5.41) is 15.0. The van der Waals surface area contributed by atoms with Crippen LogP contribution in [0.4, 0.5) is 11.4 Å². The van der Waals surface area contributed by atoms with Crippen LogP contribution in [-0.4, -0.2) is 18.2 Å². The number of carbonyl (C=O) groups is 2. The van der Waals surface area contributed by atoms with Gasteiger partial charge in [0.2, 0.25) is 5.91 Å². The van der Waals surface area contributed by atoms with Crippen LogP contribution in [0.3, 0.4) is 0 Å². The number of Topliss-reactive ketones (excluding diaryl/α,β-unsaturated/α-hetero) is 1. The van der Waals surface area contributed by atoms with Gasteiger partial charge in [-0.05, 0) is 49.4 Å². The van der Waals surface area contributed by atoms with Crippen molar-refractivity contribution < 1.29 is 9.59 Å². The van der Waals surface area contributed by atoms with Gasteiger partial charge in [-0.1, -0.05) is 15.9 Å². The fraction of sp³-hybridized carbons (Fsp3) is 0.167. The van der Waals surface area contributed by atoms with Crippen molar-refractivity contribution in [2.75, 3.05) is 17.2 Å². The highest BCUT2D eigenvalue weighted by atomic mass is 79.9. The van der Waals surface area contributed by atoms with Crippen LogP contribution >= 0.6 is 15.9 Å². The molecule has 0 aliphatic carbocycles. The average Bonchev–Trinajstić information content (AvgIpc) is 2.56. The van der Waals surface area contributed by atoms with Gasteiger partial charge in [-0.3, -0.25) is 9.59 Å². The number of benzene rings is 2. The summed E-state index contributed by atoms with van der Waals surface area (Å²) in [5.41, 5.74) is 2.24. The van der Waals surface area contributed by atoms with E-state index in [-0.39, 0.29) is 18.1 Å². The topological polar surface area (TPSA) is 82.0 Å². The van der Waals surface area contributed by atoms with Crippen molar-refractivity contribution in [3.8, 4) is 6.07 Å². The molecular formula is C18H16BrN3O2. The zero-order chi connectivity index (χ0) is 17.5. The maximum atomic E-state index is 11.9. The van der Waals surface area contributed by atoms with E-state index in [9.17, 15) is 9.59 Å². The summed E-state index contributed by atoms with van der Waals surface area (Å²) < 4.78 is 0.941. The molecule has 0 unspecified atom stereocenters.